The van der Waals surface area contributed by atoms with Gasteiger partial charge in [-0.05, 0) is 41.5 Å². The van der Waals surface area contributed by atoms with Gasteiger partial charge in [0, 0.05) is 16.9 Å². The first-order valence-electron chi connectivity index (χ1n) is 10.2. The zero-order valence-corrected chi connectivity index (χ0v) is 19.0. The van der Waals surface area contributed by atoms with Crippen molar-refractivity contribution in [1.29, 1.82) is 0 Å². The third-order valence-electron chi connectivity index (χ3n) is 5.21. The van der Waals surface area contributed by atoms with Crippen LogP contribution in [0.3, 0.4) is 0 Å². The third kappa shape index (κ3) is 5.53. The molecule has 1 heterocycles. The quantitative estimate of drug-likeness (QED) is 0.175. The van der Waals surface area contributed by atoms with E-state index >= 15 is 0 Å². The fraction of sp³-hybridized carbons (Fsp3) is 0.120. The van der Waals surface area contributed by atoms with Crippen molar-refractivity contribution in [2.24, 2.45) is 11.0 Å². The van der Waals surface area contributed by atoms with E-state index in [2.05, 4.69) is 31.8 Å². The number of hydrogen-bond donors (Lipinski definition) is 2. The molecule has 166 valence electrons. The molecule has 1 saturated heterocycles. The molecule has 7 nitrogen and oxygen atoms in total. The summed E-state index contributed by atoms with van der Waals surface area (Å²) in [5.74, 6) is -2.06. The predicted octanol–water partition coefficient (Wildman–Crippen LogP) is 3.65. The highest BCUT2D eigenvalue weighted by Gasteiger charge is 2.40. The summed E-state index contributed by atoms with van der Waals surface area (Å²) < 4.78 is 6.20. The Morgan fingerprint density at radius 2 is 1.82 bits per heavy atom. The molecule has 1 aliphatic rings. The maximum atomic E-state index is 12.7. The largest absolute Gasteiger partial charge is 0.423 e. The molecule has 2 amide bonds. The lowest BCUT2D eigenvalue weighted by atomic mass is 9.88. The molecule has 33 heavy (non-hydrogen) atoms. The van der Waals surface area contributed by atoms with Gasteiger partial charge >= 0.3 is 5.97 Å². The Labute approximate surface area is 199 Å². The van der Waals surface area contributed by atoms with E-state index < -0.39 is 17.8 Å². The van der Waals surface area contributed by atoms with Crippen molar-refractivity contribution in [3.05, 3.63) is 100 Å². The first kappa shape index (κ1) is 22.4. The Morgan fingerprint density at radius 1 is 1.03 bits per heavy atom. The van der Waals surface area contributed by atoms with Crippen LogP contribution in [0.1, 0.15) is 27.4 Å². The van der Waals surface area contributed by atoms with Crippen LogP contribution in [0.15, 0.2) is 88.4 Å². The highest BCUT2D eigenvalue weighted by Crippen LogP contribution is 2.29. The highest BCUT2D eigenvalue weighted by atomic mass is 79.9. The van der Waals surface area contributed by atoms with Crippen LogP contribution in [0.5, 0.6) is 5.75 Å². The first-order chi connectivity index (χ1) is 16.0. The lowest BCUT2D eigenvalue weighted by Gasteiger charge is -2.15. The second-order valence-electron chi connectivity index (χ2n) is 7.45. The van der Waals surface area contributed by atoms with Crippen molar-refractivity contribution in [3.8, 4) is 5.75 Å². The van der Waals surface area contributed by atoms with Crippen molar-refractivity contribution >= 4 is 39.9 Å². The van der Waals surface area contributed by atoms with Crippen LogP contribution in [-0.2, 0) is 9.59 Å². The minimum absolute atomic E-state index is 0.255. The smallest absolute Gasteiger partial charge is 0.343 e. The van der Waals surface area contributed by atoms with Crippen LogP contribution in [0, 0.1) is 5.92 Å². The molecule has 0 spiro atoms. The predicted molar refractivity (Wildman–Crippen MR) is 127 cm³/mol. The molecule has 2 N–H and O–H groups in total. The van der Waals surface area contributed by atoms with E-state index in [0.29, 0.717) is 23.4 Å². The normalized spacial score (nSPS) is 17.5. The average Bonchev–Trinajstić information content (AvgIpc) is 3.21. The summed E-state index contributed by atoms with van der Waals surface area (Å²) in [6.45, 7) is 0.399. The van der Waals surface area contributed by atoms with Crippen molar-refractivity contribution in [3.63, 3.8) is 0 Å². The number of esters is 1. The summed E-state index contributed by atoms with van der Waals surface area (Å²) in [6, 6.07) is 23.1. The summed E-state index contributed by atoms with van der Waals surface area (Å²) in [6.07, 6.45) is 1.43. The lowest BCUT2D eigenvalue weighted by molar-refractivity contribution is -0.133. The van der Waals surface area contributed by atoms with E-state index in [1.807, 2.05) is 36.4 Å². The fourth-order valence-electron chi connectivity index (χ4n) is 3.61. The highest BCUT2D eigenvalue weighted by molar-refractivity contribution is 9.10. The van der Waals surface area contributed by atoms with E-state index in [-0.39, 0.29) is 11.8 Å². The number of hydrazone groups is 1. The van der Waals surface area contributed by atoms with Crippen molar-refractivity contribution in [2.75, 3.05) is 6.54 Å². The van der Waals surface area contributed by atoms with Gasteiger partial charge in [-0.1, -0.05) is 64.5 Å². The van der Waals surface area contributed by atoms with Crippen LogP contribution in [0.4, 0.5) is 0 Å². The van der Waals surface area contributed by atoms with Crippen LogP contribution in [-0.4, -0.2) is 30.5 Å². The molecular formula is C25H20BrN3O4. The zero-order chi connectivity index (χ0) is 23.2. The van der Waals surface area contributed by atoms with E-state index in [1.165, 1.54) is 6.21 Å². The van der Waals surface area contributed by atoms with E-state index in [4.69, 9.17) is 4.74 Å². The molecule has 1 fully saturated rings. The number of nitrogens with zero attached hydrogens (tertiary/aromatic N) is 1. The molecule has 4 rings (SSSR count). The number of hydrogen-bond acceptors (Lipinski definition) is 5. The number of benzene rings is 3. The number of rotatable bonds is 6. The number of carbonyl (C=O) groups is 3. The maximum Gasteiger partial charge on any atom is 0.343 e. The molecule has 0 bridgehead atoms. The van der Waals surface area contributed by atoms with Crippen LogP contribution >= 0.6 is 15.9 Å². The Balaban J connectivity index is 1.39. The standard InChI is InChI=1S/C25H20BrN3O4/c26-19-10-5-9-18(13-19)25(32)33-20-11-4-6-16(12-20)14-28-29-24(31)22-21(15-27-23(22)30)17-7-2-1-3-8-17/h1-14,21-22H,15H2,(H,27,30)(H,29,31)/t21-,22+/m1/s1. The number of ether oxygens (including phenoxy) is 1. The van der Waals surface area contributed by atoms with Crippen molar-refractivity contribution in [2.45, 2.75) is 5.92 Å². The molecule has 0 radical (unpaired) electrons. The summed E-state index contributed by atoms with van der Waals surface area (Å²) in [5, 5.41) is 6.73. The van der Waals surface area contributed by atoms with Gasteiger partial charge in [0.15, 0.2) is 0 Å². The van der Waals surface area contributed by atoms with Gasteiger partial charge < -0.3 is 10.1 Å². The second kappa shape index (κ2) is 10.2. The molecular weight excluding hydrogens is 486 g/mol. The van der Waals surface area contributed by atoms with Gasteiger partial charge in [0.2, 0.25) is 5.91 Å². The lowest BCUT2D eigenvalue weighted by Crippen LogP contribution is -2.34. The zero-order valence-electron chi connectivity index (χ0n) is 17.4. The van der Waals surface area contributed by atoms with Crippen LogP contribution < -0.4 is 15.5 Å². The van der Waals surface area contributed by atoms with Gasteiger partial charge in [0.25, 0.3) is 5.91 Å². The van der Waals surface area contributed by atoms with Gasteiger partial charge in [-0.25, -0.2) is 10.2 Å². The van der Waals surface area contributed by atoms with Gasteiger partial charge in [-0.15, -0.1) is 0 Å². The van der Waals surface area contributed by atoms with Crippen LogP contribution in [0.25, 0.3) is 0 Å². The van der Waals surface area contributed by atoms with E-state index in [0.717, 1.165) is 10.0 Å². The van der Waals surface area contributed by atoms with Gasteiger partial charge in [0.1, 0.15) is 11.7 Å². The second-order valence-corrected chi connectivity index (χ2v) is 8.36. The molecule has 0 aromatic heterocycles. The number of nitrogens with one attached hydrogen (secondary N) is 2. The molecule has 0 saturated carbocycles. The summed E-state index contributed by atoms with van der Waals surface area (Å²) in [5.41, 5.74) is 4.40. The molecule has 0 aliphatic carbocycles. The summed E-state index contributed by atoms with van der Waals surface area (Å²) in [4.78, 5) is 37.2. The number of amides is 2. The van der Waals surface area contributed by atoms with Crippen molar-refractivity contribution < 1.29 is 19.1 Å². The Hall–Kier alpha value is -3.78. The minimum Gasteiger partial charge on any atom is -0.423 e. The topological polar surface area (TPSA) is 96.9 Å². The SMILES string of the molecule is O=C(Oc1cccc(C=NNC(=O)[C@@H]2C(=O)NC[C@@H]2c2ccccc2)c1)c1cccc(Br)c1. The minimum atomic E-state index is -0.859. The Morgan fingerprint density at radius 3 is 2.61 bits per heavy atom. The fourth-order valence-corrected chi connectivity index (χ4v) is 4.01. The molecule has 8 heteroatoms. The molecule has 2 atom stereocenters. The van der Waals surface area contributed by atoms with Crippen molar-refractivity contribution in [1.82, 2.24) is 10.7 Å². The maximum absolute atomic E-state index is 12.7. The summed E-state index contributed by atoms with van der Waals surface area (Å²) in [7, 11) is 0. The van der Waals surface area contributed by atoms with E-state index in [1.54, 1.807) is 42.5 Å². The third-order valence-corrected chi connectivity index (χ3v) is 5.70. The number of halogens is 1. The average molecular weight is 506 g/mol. The van der Waals surface area contributed by atoms with Gasteiger partial charge in [-0.3, -0.25) is 9.59 Å². The monoisotopic (exact) mass is 505 g/mol. The molecule has 1 aliphatic heterocycles. The Kier molecular flexibility index (Phi) is 6.95. The van der Waals surface area contributed by atoms with Gasteiger partial charge in [0.05, 0.1) is 11.8 Å². The first-order valence-corrected chi connectivity index (χ1v) is 11.0. The Bertz CT molecular complexity index is 1210. The van der Waals surface area contributed by atoms with E-state index in [9.17, 15) is 14.4 Å². The molecule has 0 unspecified atom stereocenters. The molecule has 3 aromatic carbocycles. The molecule has 3 aromatic rings. The number of carbonyl (C=O) groups excluding carboxylic acids is 3. The van der Waals surface area contributed by atoms with Gasteiger partial charge in [-0.2, -0.15) is 5.10 Å². The van der Waals surface area contributed by atoms with Crippen LogP contribution in [0.2, 0.25) is 0 Å². The summed E-state index contributed by atoms with van der Waals surface area (Å²) >= 11 is 3.33.